The lowest BCUT2D eigenvalue weighted by atomic mass is 9.79. The molecule has 2 fully saturated rings. The van der Waals surface area contributed by atoms with Gasteiger partial charge in [0.2, 0.25) is 0 Å². The Bertz CT molecular complexity index is 861. The van der Waals surface area contributed by atoms with Gasteiger partial charge in [-0.05, 0) is 80.2 Å². The van der Waals surface area contributed by atoms with Crippen molar-refractivity contribution in [3.05, 3.63) is 71.8 Å². The SMILES string of the molecule is C/C=C/C1COC(C2CCC(CCc3ccc(-c4ccc(F)c(F)c4)cc3)CC2)OC1. The van der Waals surface area contributed by atoms with Crippen molar-refractivity contribution in [2.24, 2.45) is 17.8 Å². The minimum atomic E-state index is -0.811. The van der Waals surface area contributed by atoms with Crippen LogP contribution in [-0.4, -0.2) is 19.5 Å². The Balaban J connectivity index is 1.21. The van der Waals surface area contributed by atoms with Gasteiger partial charge in [0.1, 0.15) is 0 Å². The van der Waals surface area contributed by atoms with Gasteiger partial charge < -0.3 is 9.47 Å². The average molecular weight is 427 g/mol. The number of ether oxygens (including phenoxy) is 2. The summed E-state index contributed by atoms with van der Waals surface area (Å²) in [6, 6.07) is 12.3. The van der Waals surface area contributed by atoms with Crippen molar-refractivity contribution < 1.29 is 18.3 Å². The quantitative estimate of drug-likeness (QED) is 0.466. The van der Waals surface area contributed by atoms with E-state index in [0.717, 1.165) is 31.1 Å². The summed E-state index contributed by atoms with van der Waals surface area (Å²) in [5.74, 6) is 0.0547. The Labute approximate surface area is 184 Å². The van der Waals surface area contributed by atoms with Crippen LogP contribution in [-0.2, 0) is 15.9 Å². The van der Waals surface area contributed by atoms with Gasteiger partial charge in [0.05, 0.1) is 13.2 Å². The second-order valence-corrected chi connectivity index (χ2v) is 8.97. The normalized spacial score (nSPS) is 26.9. The van der Waals surface area contributed by atoms with Crippen molar-refractivity contribution in [2.75, 3.05) is 13.2 Å². The number of aryl methyl sites for hydroxylation is 1. The first-order valence-corrected chi connectivity index (χ1v) is 11.5. The zero-order valence-electron chi connectivity index (χ0n) is 18.2. The van der Waals surface area contributed by atoms with Gasteiger partial charge in [-0.1, -0.05) is 42.5 Å². The number of hydrogen-bond acceptors (Lipinski definition) is 2. The number of hydrogen-bond donors (Lipinski definition) is 0. The van der Waals surface area contributed by atoms with E-state index in [1.54, 1.807) is 6.07 Å². The van der Waals surface area contributed by atoms with E-state index in [1.165, 1.54) is 49.8 Å². The summed E-state index contributed by atoms with van der Waals surface area (Å²) in [6.45, 7) is 3.58. The highest BCUT2D eigenvalue weighted by Crippen LogP contribution is 2.36. The molecule has 0 amide bonds. The molecule has 1 saturated heterocycles. The summed E-state index contributed by atoms with van der Waals surface area (Å²) in [6.07, 6.45) is 11.3. The van der Waals surface area contributed by atoms with Crippen LogP contribution in [0.5, 0.6) is 0 Å². The van der Waals surface area contributed by atoms with Crippen molar-refractivity contribution >= 4 is 0 Å². The van der Waals surface area contributed by atoms with Gasteiger partial charge in [0.15, 0.2) is 17.9 Å². The highest BCUT2D eigenvalue weighted by atomic mass is 19.2. The van der Waals surface area contributed by atoms with E-state index in [9.17, 15) is 8.78 Å². The molecule has 0 atom stereocenters. The smallest absolute Gasteiger partial charge is 0.160 e. The first kappa shape index (κ1) is 22.2. The van der Waals surface area contributed by atoms with Crippen molar-refractivity contribution in [3.63, 3.8) is 0 Å². The highest BCUT2D eigenvalue weighted by molar-refractivity contribution is 5.63. The summed E-state index contributed by atoms with van der Waals surface area (Å²) in [7, 11) is 0. The van der Waals surface area contributed by atoms with Gasteiger partial charge in [0.25, 0.3) is 0 Å². The molecule has 1 aliphatic carbocycles. The monoisotopic (exact) mass is 426 g/mol. The molecule has 0 bridgehead atoms. The first-order valence-electron chi connectivity index (χ1n) is 11.5. The van der Waals surface area contributed by atoms with E-state index in [4.69, 9.17) is 9.47 Å². The molecule has 31 heavy (non-hydrogen) atoms. The molecule has 2 aromatic carbocycles. The average Bonchev–Trinajstić information content (AvgIpc) is 2.81. The van der Waals surface area contributed by atoms with Gasteiger partial charge in [-0.25, -0.2) is 8.78 Å². The van der Waals surface area contributed by atoms with Gasteiger partial charge >= 0.3 is 0 Å². The number of benzene rings is 2. The number of halogens is 2. The van der Waals surface area contributed by atoms with Crippen LogP contribution < -0.4 is 0 Å². The molecule has 2 aliphatic rings. The molecule has 166 valence electrons. The van der Waals surface area contributed by atoms with Crippen LogP contribution in [0, 0.1) is 29.4 Å². The minimum Gasteiger partial charge on any atom is -0.352 e. The van der Waals surface area contributed by atoms with E-state index in [0.29, 0.717) is 17.4 Å². The third-order valence-electron chi connectivity index (χ3n) is 6.74. The molecule has 4 rings (SSSR count). The maximum atomic E-state index is 13.5. The van der Waals surface area contributed by atoms with Crippen molar-refractivity contribution in [3.8, 4) is 11.1 Å². The predicted octanol–water partition coefficient (Wildman–Crippen LogP) is 6.94. The molecule has 1 aliphatic heterocycles. The predicted molar refractivity (Wildman–Crippen MR) is 120 cm³/mol. The zero-order chi connectivity index (χ0) is 21.6. The van der Waals surface area contributed by atoms with E-state index in [-0.39, 0.29) is 6.29 Å². The number of allylic oxidation sites excluding steroid dienone is 1. The molecule has 0 aromatic heterocycles. The summed E-state index contributed by atoms with van der Waals surface area (Å²) in [5.41, 5.74) is 2.91. The molecule has 0 unspecified atom stereocenters. The fraction of sp³-hybridized carbons (Fsp3) is 0.481. The lowest BCUT2D eigenvalue weighted by Crippen LogP contribution is -2.38. The minimum absolute atomic E-state index is 0.0219. The summed E-state index contributed by atoms with van der Waals surface area (Å²) in [4.78, 5) is 0. The maximum Gasteiger partial charge on any atom is 0.160 e. The molecule has 2 aromatic rings. The van der Waals surface area contributed by atoms with E-state index in [2.05, 4.69) is 24.3 Å². The fourth-order valence-electron chi connectivity index (χ4n) is 4.85. The Morgan fingerprint density at radius 2 is 1.55 bits per heavy atom. The van der Waals surface area contributed by atoms with E-state index in [1.807, 2.05) is 19.1 Å². The molecule has 0 radical (unpaired) electrons. The van der Waals surface area contributed by atoms with Crippen molar-refractivity contribution in [2.45, 2.75) is 51.7 Å². The Morgan fingerprint density at radius 3 is 2.19 bits per heavy atom. The zero-order valence-corrected chi connectivity index (χ0v) is 18.2. The Morgan fingerprint density at radius 1 is 0.871 bits per heavy atom. The first-order chi connectivity index (χ1) is 15.1. The molecular formula is C27H32F2O2. The van der Waals surface area contributed by atoms with E-state index < -0.39 is 11.6 Å². The molecule has 0 spiro atoms. The third kappa shape index (κ3) is 5.81. The number of rotatable bonds is 6. The Hall–Kier alpha value is -2.04. The third-order valence-corrected chi connectivity index (χ3v) is 6.74. The highest BCUT2D eigenvalue weighted by Gasteiger charge is 2.31. The fourth-order valence-corrected chi connectivity index (χ4v) is 4.85. The van der Waals surface area contributed by atoms with Crippen LogP contribution in [0.3, 0.4) is 0 Å². The van der Waals surface area contributed by atoms with Crippen LogP contribution in [0.25, 0.3) is 11.1 Å². The molecule has 4 heteroatoms. The largest absolute Gasteiger partial charge is 0.352 e. The van der Waals surface area contributed by atoms with Gasteiger partial charge in [-0.3, -0.25) is 0 Å². The van der Waals surface area contributed by atoms with Crippen LogP contribution in [0.2, 0.25) is 0 Å². The molecular weight excluding hydrogens is 394 g/mol. The maximum absolute atomic E-state index is 13.5. The summed E-state index contributed by atoms with van der Waals surface area (Å²) in [5, 5.41) is 0. The van der Waals surface area contributed by atoms with Crippen LogP contribution >= 0.6 is 0 Å². The van der Waals surface area contributed by atoms with Gasteiger partial charge in [-0.15, -0.1) is 0 Å². The second kappa shape index (κ2) is 10.5. The standard InChI is InChI=1S/C27H32F2O2/c1-2-3-21-17-30-27(31-18-21)23-12-8-20(9-13-23)5-4-19-6-10-22(11-7-19)24-14-15-25(28)26(29)16-24/h2-3,6-7,10-11,14-16,20-21,23,27H,4-5,8-9,12-13,17-18H2,1H3/b3-2+. The van der Waals surface area contributed by atoms with Gasteiger partial charge in [-0.2, -0.15) is 0 Å². The molecule has 1 saturated carbocycles. The molecule has 2 nitrogen and oxygen atoms in total. The lowest BCUT2D eigenvalue weighted by Gasteiger charge is -2.37. The topological polar surface area (TPSA) is 18.5 Å². The van der Waals surface area contributed by atoms with E-state index >= 15 is 0 Å². The summed E-state index contributed by atoms with van der Waals surface area (Å²) < 4.78 is 38.6. The van der Waals surface area contributed by atoms with Crippen LogP contribution in [0.1, 0.15) is 44.6 Å². The second-order valence-electron chi connectivity index (χ2n) is 8.97. The summed E-state index contributed by atoms with van der Waals surface area (Å²) >= 11 is 0. The van der Waals surface area contributed by atoms with Gasteiger partial charge in [0, 0.05) is 11.8 Å². The molecule has 1 heterocycles. The Kier molecular flexibility index (Phi) is 7.52. The van der Waals surface area contributed by atoms with Crippen molar-refractivity contribution in [1.82, 2.24) is 0 Å². The van der Waals surface area contributed by atoms with Crippen LogP contribution in [0.4, 0.5) is 8.78 Å². The van der Waals surface area contributed by atoms with Crippen LogP contribution in [0.15, 0.2) is 54.6 Å². The molecule has 0 N–H and O–H groups in total. The lowest BCUT2D eigenvalue weighted by molar-refractivity contribution is -0.223. The van der Waals surface area contributed by atoms with Crippen molar-refractivity contribution in [1.29, 1.82) is 0 Å².